The summed E-state index contributed by atoms with van der Waals surface area (Å²) < 4.78 is 0. The predicted octanol–water partition coefficient (Wildman–Crippen LogP) is 6.89. The van der Waals surface area contributed by atoms with E-state index in [0.717, 1.165) is 33.0 Å². The Morgan fingerprint density at radius 1 is 0.795 bits per heavy atom. The lowest BCUT2D eigenvalue weighted by molar-refractivity contribution is -0.139. The smallest absolute Gasteiger partial charge is 0.326 e. The van der Waals surface area contributed by atoms with Crippen molar-refractivity contribution in [3.05, 3.63) is 93.9 Å². The number of benzene rings is 2. The number of nitrogens with zero attached hydrogens (tertiary/aromatic N) is 2. The third-order valence-electron chi connectivity index (χ3n) is 6.56. The zero-order valence-electron chi connectivity index (χ0n) is 23.3. The Labute approximate surface area is 234 Å². The molecular weight excluding hydrogens is 506 g/mol. The summed E-state index contributed by atoms with van der Waals surface area (Å²) in [6.07, 6.45) is 3.68. The Bertz CT molecular complexity index is 1440. The molecule has 1 atom stereocenters. The quantitative estimate of drug-likeness (QED) is 0.266. The van der Waals surface area contributed by atoms with E-state index in [4.69, 9.17) is 0 Å². The second-order valence-corrected chi connectivity index (χ2v) is 12.9. The van der Waals surface area contributed by atoms with Crippen LogP contribution in [-0.2, 0) is 22.0 Å². The van der Waals surface area contributed by atoms with Crippen LogP contribution in [0.25, 0.3) is 22.5 Å². The Morgan fingerprint density at radius 2 is 1.33 bits per heavy atom. The van der Waals surface area contributed by atoms with Crippen molar-refractivity contribution in [1.82, 2.24) is 15.3 Å². The number of carbonyl (C=O) groups is 2. The number of thiophene rings is 1. The van der Waals surface area contributed by atoms with Crippen LogP contribution in [0.1, 0.15) is 67.2 Å². The fourth-order valence-corrected chi connectivity index (χ4v) is 5.07. The molecule has 0 aliphatic rings. The standard InChI is InChI=1S/C32H35N3O3S/c1-31(2,3)23-13-11-22(12-14-23)26-19-33-25(18-34-26)21-9-7-20(8-10-21)17-24(30(37)38)35-29(36)27-15-16-28(39-27)32(4,5)6/h7-16,18-19,24H,17H2,1-6H3,(H,35,36)(H,37,38). The molecule has 1 unspecified atom stereocenters. The molecule has 0 radical (unpaired) electrons. The number of amides is 1. The Hall–Kier alpha value is -3.84. The number of aromatic nitrogens is 2. The van der Waals surface area contributed by atoms with Gasteiger partial charge in [0.25, 0.3) is 5.91 Å². The SMILES string of the molecule is CC(C)(C)c1ccc(-c2cnc(-c3ccc(CC(NC(=O)c4ccc(C(C)(C)C)s4)C(=O)O)cc3)cn2)cc1. The van der Waals surface area contributed by atoms with Crippen LogP contribution in [0.5, 0.6) is 0 Å². The normalized spacial score (nSPS) is 12.7. The number of hydrogen-bond acceptors (Lipinski definition) is 5. The maximum Gasteiger partial charge on any atom is 0.326 e. The summed E-state index contributed by atoms with van der Waals surface area (Å²) in [7, 11) is 0. The van der Waals surface area contributed by atoms with Crippen molar-refractivity contribution in [3.63, 3.8) is 0 Å². The van der Waals surface area contributed by atoms with Crippen LogP contribution < -0.4 is 5.32 Å². The zero-order valence-corrected chi connectivity index (χ0v) is 24.1. The average Bonchev–Trinajstić information content (AvgIpc) is 3.40. The molecule has 2 aromatic heterocycles. The van der Waals surface area contributed by atoms with E-state index in [0.29, 0.717) is 4.88 Å². The predicted molar refractivity (Wildman–Crippen MR) is 157 cm³/mol. The summed E-state index contributed by atoms with van der Waals surface area (Å²) in [5.74, 6) is -1.44. The maximum absolute atomic E-state index is 12.7. The summed E-state index contributed by atoms with van der Waals surface area (Å²) in [4.78, 5) is 35.4. The van der Waals surface area contributed by atoms with Gasteiger partial charge in [0.05, 0.1) is 28.7 Å². The summed E-state index contributed by atoms with van der Waals surface area (Å²) in [5.41, 5.74) is 5.51. The molecule has 39 heavy (non-hydrogen) atoms. The molecule has 0 fully saturated rings. The van der Waals surface area contributed by atoms with Gasteiger partial charge in [0.2, 0.25) is 0 Å². The third kappa shape index (κ3) is 6.98. The van der Waals surface area contributed by atoms with E-state index in [2.05, 4.69) is 81.1 Å². The van der Waals surface area contributed by atoms with Crippen LogP contribution in [0, 0.1) is 0 Å². The lowest BCUT2D eigenvalue weighted by Crippen LogP contribution is -2.42. The summed E-state index contributed by atoms with van der Waals surface area (Å²) in [6, 6.07) is 18.5. The van der Waals surface area contributed by atoms with Gasteiger partial charge in [0.1, 0.15) is 6.04 Å². The molecule has 4 aromatic rings. The molecule has 6 nitrogen and oxygen atoms in total. The summed E-state index contributed by atoms with van der Waals surface area (Å²) in [5, 5.41) is 12.4. The number of carboxylic acid groups (broad SMARTS) is 1. The molecule has 2 aromatic carbocycles. The first-order valence-corrected chi connectivity index (χ1v) is 13.8. The van der Waals surface area contributed by atoms with Crippen LogP contribution in [0.15, 0.2) is 73.1 Å². The first-order valence-electron chi connectivity index (χ1n) is 13.0. The number of rotatable bonds is 7. The molecule has 0 bridgehead atoms. The molecule has 0 saturated carbocycles. The zero-order chi connectivity index (χ0) is 28.4. The van der Waals surface area contributed by atoms with Crippen LogP contribution in [0.3, 0.4) is 0 Å². The van der Waals surface area contributed by atoms with Gasteiger partial charge in [-0.1, -0.05) is 90.1 Å². The topological polar surface area (TPSA) is 92.2 Å². The van der Waals surface area contributed by atoms with Gasteiger partial charge in [0, 0.05) is 22.4 Å². The van der Waals surface area contributed by atoms with E-state index in [1.165, 1.54) is 16.9 Å². The highest BCUT2D eigenvalue weighted by Gasteiger charge is 2.24. The highest BCUT2D eigenvalue weighted by Crippen LogP contribution is 2.30. The van der Waals surface area contributed by atoms with Crippen molar-refractivity contribution in [2.24, 2.45) is 0 Å². The van der Waals surface area contributed by atoms with E-state index in [1.807, 2.05) is 30.3 Å². The number of hydrogen-bond donors (Lipinski definition) is 2. The minimum absolute atomic E-state index is 0.0699. The van der Waals surface area contributed by atoms with Crippen LogP contribution in [-0.4, -0.2) is 33.0 Å². The van der Waals surface area contributed by atoms with Crippen molar-refractivity contribution in [2.75, 3.05) is 0 Å². The highest BCUT2D eigenvalue weighted by atomic mass is 32.1. The van der Waals surface area contributed by atoms with Crippen molar-refractivity contribution in [1.29, 1.82) is 0 Å². The second kappa shape index (κ2) is 11.1. The van der Waals surface area contributed by atoms with Gasteiger partial charge in [0.15, 0.2) is 0 Å². The minimum atomic E-state index is -1.07. The molecule has 0 saturated heterocycles. The van der Waals surface area contributed by atoms with Crippen molar-refractivity contribution in [3.8, 4) is 22.5 Å². The van der Waals surface area contributed by atoms with Crippen LogP contribution in [0.4, 0.5) is 0 Å². The minimum Gasteiger partial charge on any atom is -0.480 e. The molecular formula is C32H35N3O3S. The lowest BCUT2D eigenvalue weighted by atomic mass is 9.86. The van der Waals surface area contributed by atoms with E-state index in [1.54, 1.807) is 18.5 Å². The highest BCUT2D eigenvalue weighted by molar-refractivity contribution is 7.14. The lowest BCUT2D eigenvalue weighted by Gasteiger charge is -2.19. The summed E-state index contributed by atoms with van der Waals surface area (Å²) >= 11 is 1.39. The van der Waals surface area contributed by atoms with Gasteiger partial charge in [-0.2, -0.15) is 0 Å². The molecule has 4 rings (SSSR count). The largest absolute Gasteiger partial charge is 0.480 e. The molecule has 0 aliphatic heterocycles. The van der Waals surface area contributed by atoms with Gasteiger partial charge in [-0.25, -0.2) is 4.79 Å². The second-order valence-electron chi connectivity index (χ2n) is 11.8. The van der Waals surface area contributed by atoms with Crippen molar-refractivity contribution >= 4 is 23.2 Å². The number of carbonyl (C=O) groups excluding carboxylic acids is 1. The van der Waals surface area contributed by atoms with E-state index in [-0.39, 0.29) is 23.2 Å². The molecule has 2 heterocycles. The molecule has 7 heteroatoms. The summed E-state index contributed by atoms with van der Waals surface area (Å²) in [6.45, 7) is 12.8. The van der Waals surface area contributed by atoms with Gasteiger partial charge < -0.3 is 10.4 Å². The number of carboxylic acids is 1. The first-order chi connectivity index (χ1) is 18.3. The molecule has 0 spiro atoms. The molecule has 202 valence electrons. The number of nitrogens with one attached hydrogen (secondary N) is 1. The first kappa shape index (κ1) is 28.2. The van der Waals surface area contributed by atoms with E-state index < -0.39 is 12.0 Å². The maximum atomic E-state index is 12.7. The van der Waals surface area contributed by atoms with Crippen molar-refractivity contribution in [2.45, 2.75) is 64.8 Å². The van der Waals surface area contributed by atoms with Crippen LogP contribution >= 0.6 is 11.3 Å². The molecule has 2 N–H and O–H groups in total. The number of aliphatic carboxylic acids is 1. The van der Waals surface area contributed by atoms with E-state index >= 15 is 0 Å². The Balaban J connectivity index is 1.42. The monoisotopic (exact) mass is 541 g/mol. The molecule has 0 aliphatic carbocycles. The van der Waals surface area contributed by atoms with Gasteiger partial charge in [-0.05, 0) is 34.1 Å². The molecule has 1 amide bonds. The third-order valence-corrected chi connectivity index (χ3v) is 8.07. The van der Waals surface area contributed by atoms with Crippen LogP contribution in [0.2, 0.25) is 0 Å². The van der Waals surface area contributed by atoms with Crippen molar-refractivity contribution < 1.29 is 14.7 Å². The fraction of sp³-hybridized carbons (Fsp3) is 0.312. The van der Waals surface area contributed by atoms with Gasteiger partial charge in [-0.3, -0.25) is 14.8 Å². The average molecular weight is 542 g/mol. The van der Waals surface area contributed by atoms with E-state index in [9.17, 15) is 14.7 Å². The fourth-order valence-electron chi connectivity index (χ4n) is 4.11. The van der Waals surface area contributed by atoms with Gasteiger partial charge in [-0.15, -0.1) is 11.3 Å². The Morgan fingerprint density at radius 3 is 1.77 bits per heavy atom. The Kier molecular flexibility index (Phi) is 8.02. The van der Waals surface area contributed by atoms with Gasteiger partial charge >= 0.3 is 5.97 Å².